The Balaban J connectivity index is 2.16. The molecule has 0 spiro atoms. The van der Waals surface area contributed by atoms with Gasteiger partial charge in [-0.1, -0.05) is 19.3 Å². The standard InChI is InChI=1S/C12H19N5O2/c1-16(7-9-5-3-2-4-6-9)12-10(17(18)19)11(13)14-8-15-12/h8-9H,2-7H2,1H3,(H2,13,14,15). The molecule has 7 nitrogen and oxygen atoms in total. The lowest BCUT2D eigenvalue weighted by Gasteiger charge is -2.27. The summed E-state index contributed by atoms with van der Waals surface area (Å²) in [4.78, 5) is 20.1. The molecule has 1 aliphatic rings. The van der Waals surface area contributed by atoms with Crippen LogP contribution in [-0.4, -0.2) is 28.5 Å². The number of anilines is 2. The fourth-order valence-corrected chi connectivity index (χ4v) is 2.68. The van der Waals surface area contributed by atoms with Crippen LogP contribution in [0, 0.1) is 16.0 Å². The second kappa shape index (κ2) is 5.81. The highest BCUT2D eigenvalue weighted by molar-refractivity contribution is 5.68. The summed E-state index contributed by atoms with van der Waals surface area (Å²) in [6.07, 6.45) is 7.41. The van der Waals surface area contributed by atoms with Crippen LogP contribution in [0.1, 0.15) is 32.1 Å². The fraction of sp³-hybridized carbons (Fsp3) is 0.667. The van der Waals surface area contributed by atoms with Crippen LogP contribution in [-0.2, 0) is 0 Å². The van der Waals surface area contributed by atoms with Crippen molar-refractivity contribution in [3.63, 3.8) is 0 Å². The van der Waals surface area contributed by atoms with Crippen LogP contribution in [0.4, 0.5) is 17.3 Å². The summed E-state index contributed by atoms with van der Waals surface area (Å²) in [7, 11) is 1.82. The third-order valence-electron chi connectivity index (χ3n) is 3.63. The average molecular weight is 265 g/mol. The van der Waals surface area contributed by atoms with Gasteiger partial charge in [0, 0.05) is 13.6 Å². The molecule has 2 N–H and O–H groups in total. The first-order chi connectivity index (χ1) is 9.09. The number of hydrogen-bond donors (Lipinski definition) is 1. The molecule has 0 aromatic carbocycles. The summed E-state index contributed by atoms with van der Waals surface area (Å²) in [5.41, 5.74) is 5.38. The summed E-state index contributed by atoms with van der Waals surface area (Å²) in [5, 5.41) is 11.1. The number of nitro groups is 1. The molecule has 1 aromatic heterocycles. The lowest BCUT2D eigenvalue weighted by molar-refractivity contribution is -0.383. The zero-order chi connectivity index (χ0) is 13.8. The van der Waals surface area contributed by atoms with Gasteiger partial charge in [-0.3, -0.25) is 10.1 Å². The minimum absolute atomic E-state index is 0.0782. The van der Waals surface area contributed by atoms with Crippen molar-refractivity contribution >= 4 is 17.3 Å². The van der Waals surface area contributed by atoms with Gasteiger partial charge in [-0.05, 0) is 18.8 Å². The second-order valence-electron chi connectivity index (χ2n) is 5.07. The highest BCUT2D eigenvalue weighted by Gasteiger charge is 2.25. The van der Waals surface area contributed by atoms with E-state index in [2.05, 4.69) is 9.97 Å². The second-order valence-corrected chi connectivity index (χ2v) is 5.07. The molecule has 0 bridgehead atoms. The van der Waals surface area contributed by atoms with Crippen LogP contribution in [0.25, 0.3) is 0 Å². The van der Waals surface area contributed by atoms with Gasteiger partial charge < -0.3 is 10.6 Å². The third kappa shape index (κ3) is 3.10. The van der Waals surface area contributed by atoms with Gasteiger partial charge in [-0.15, -0.1) is 0 Å². The molecule has 104 valence electrons. The summed E-state index contributed by atoms with van der Waals surface area (Å²) in [6, 6.07) is 0. The maximum absolute atomic E-state index is 11.1. The molecule has 0 amide bonds. The monoisotopic (exact) mass is 265 g/mol. The van der Waals surface area contributed by atoms with E-state index in [1.807, 2.05) is 11.9 Å². The van der Waals surface area contributed by atoms with Gasteiger partial charge in [0.2, 0.25) is 11.6 Å². The minimum atomic E-state index is -0.512. The molecular formula is C12H19N5O2. The molecule has 1 saturated carbocycles. The number of aromatic nitrogens is 2. The quantitative estimate of drug-likeness (QED) is 0.660. The van der Waals surface area contributed by atoms with Crippen LogP contribution in [0.2, 0.25) is 0 Å². The molecule has 0 saturated heterocycles. The molecular weight excluding hydrogens is 246 g/mol. The largest absolute Gasteiger partial charge is 0.378 e. The van der Waals surface area contributed by atoms with Gasteiger partial charge in [0.1, 0.15) is 6.33 Å². The van der Waals surface area contributed by atoms with E-state index in [-0.39, 0.29) is 11.5 Å². The average Bonchev–Trinajstić information content (AvgIpc) is 2.39. The summed E-state index contributed by atoms with van der Waals surface area (Å²) in [6.45, 7) is 0.775. The fourth-order valence-electron chi connectivity index (χ4n) is 2.68. The Morgan fingerprint density at radius 3 is 2.74 bits per heavy atom. The molecule has 1 heterocycles. The number of nitrogen functional groups attached to an aromatic ring is 1. The van der Waals surface area contributed by atoms with Crippen molar-refractivity contribution in [3.8, 4) is 0 Å². The van der Waals surface area contributed by atoms with Crippen LogP contribution < -0.4 is 10.6 Å². The maximum atomic E-state index is 11.1. The number of rotatable bonds is 4. The van der Waals surface area contributed by atoms with E-state index in [0.29, 0.717) is 11.7 Å². The highest BCUT2D eigenvalue weighted by atomic mass is 16.6. The third-order valence-corrected chi connectivity index (χ3v) is 3.63. The Labute approximate surface area is 112 Å². The first-order valence-electron chi connectivity index (χ1n) is 6.55. The molecule has 1 aromatic rings. The van der Waals surface area contributed by atoms with E-state index in [1.165, 1.54) is 38.4 Å². The van der Waals surface area contributed by atoms with Crippen LogP contribution in [0.15, 0.2) is 6.33 Å². The van der Waals surface area contributed by atoms with Gasteiger partial charge in [-0.2, -0.15) is 0 Å². The first kappa shape index (κ1) is 13.5. The Hall–Kier alpha value is -1.92. The van der Waals surface area contributed by atoms with Gasteiger partial charge in [-0.25, -0.2) is 9.97 Å². The van der Waals surface area contributed by atoms with Crippen LogP contribution in [0.5, 0.6) is 0 Å². The molecule has 0 atom stereocenters. The Morgan fingerprint density at radius 1 is 1.42 bits per heavy atom. The maximum Gasteiger partial charge on any atom is 0.353 e. The Morgan fingerprint density at radius 2 is 2.11 bits per heavy atom. The van der Waals surface area contributed by atoms with E-state index in [9.17, 15) is 10.1 Å². The van der Waals surface area contributed by atoms with Crippen molar-refractivity contribution in [3.05, 3.63) is 16.4 Å². The van der Waals surface area contributed by atoms with Crippen molar-refractivity contribution < 1.29 is 4.92 Å². The van der Waals surface area contributed by atoms with Gasteiger partial charge in [0.15, 0.2) is 0 Å². The molecule has 19 heavy (non-hydrogen) atoms. The van der Waals surface area contributed by atoms with Crippen molar-refractivity contribution in [2.45, 2.75) is 32.1 Å². The number of nitrogens with zero attached hydrogens (tertiary/aromatic N) is 4. The van der Waals surface area contributed by atoms with Crippen LogP contribution in [0.3, 0.4) is 0 Å². The zero-order valence-electron chi connectivity index (χ0n) is 11.1. The summed E-state index contributed by atoms with van der Waals surface area (Å²) >= 11 is 0. The zero-order valence-corrected chi connectivity index (χ0v) is 11.1. The number of hydrogen-bond acceptors (Lipinski definition) is 6. The van der Waals surface area contributed by atoms with Gasteiger partial charge in [0.05, 0.1) is 4.92 Å². The normalized spacial score (nSPS) is 16.3. The lowest BCUT2D eigenvalue weighted by Crippen LogP contribution is -2.28. The predicted octanol–water partition coefficient (Wildman–Crippen LogP) is 1.98. The van der Waals surface area contributed by atoms with E-state index in [1.54, 1.807) is 0 Å². The molecule has 0 radical (unpaired) electrons. The van der Waals surface area contributed by atoms with E-state index in [4.69, 9.17) is 5.73 Å². The molecule has 1 aliphatic carbocycles. The SMILES string of the molecule is CN(CC1CCCCC1)c1ncnc(N)c1[N+](=O)[O-]. The molecule has 2 rings (SSSR count). The molecule has 0 aliphatic heterocycles. The Kier molecular flexibility index (Phi) is 4.13. The molecule has 1 fully saturated rings. The topological polar surface area (TPSA) is 98.2 Å². The number of nitrogens with two attached hydrogens (primary N) is 1. The van der Waals surface area contributed by atoms with Crippen molar-refractivity contribution in [2.75, 3.05) is 24.2 Å². The molecule has 0 unspecified atom stereocenters. The van der Waals surface area contributed by atoms with E-state index >= 15 is 0 Å². The van der Waals surface area contributed by atoms with Crippen molar-refractivity contribution in [2.24, 2.45) is 5.92 Å². The minimum Gasteiger partial charge on any atom is -0.378 e. The predicted molar refractivity (Wildman–Crippen MR) is 72.9 cm³/mol. The Bertz CT molecular complexity index is 459. The smallest absolute Gasteiger partial charge is 0.353 e. The van der Waals surface area contributed by atoms with Gasteiger partial charge in [0.25, 0.3) is 0 Å². The van der Waals surface area contributed by atoms with Crippen molar-refractivity contribution in [1.29, 1.82) is 0 Å². The van der Waals surface area contributed by atoms with E-state index in [0.717, 1.165) is 6.54 Å². The van der Waals surface area contributed by atoms with Crippen molar-refractivity contribution in [1.82, 2.24) is 9.97 Å². The highest BCUT2D eigenvalue weighted by Crippen LogP contribution is 2.31. The lowest BCUT2D eigenvalue weighted by atomic mass is 9.89. The van der Waals surface area contributed by atoms with Crippen LogP contribution >= 0.6 is 0 Å². The first-order valence-corrected chi connectivity index (χ1v) is 6.55. The summed E-state index contributed by atoms with van der Waals surface area (Å²) < 4.78 is 0. The molecule has 7 heteroatoms. The van der Waals surface area contributed by atoms with E-state index < -0.39 is 4.92 Å². The summed E-state index contributed by atoms with van der Waals surface area (Å²) in [5.74, 6) is 0.808. The van der Waals surface area contributed by atoms with Gasteiger partial charge >= 0.3 is 5.69 Å².